The molecule has 0 fully saturated rings. The van der Waals surface area contributed by atoms with E-state index in [1.165, 1.54) is 11.8 Å². The van der Waals surface area contributed by atoms with E-state index in [4.69, 9.17) is 4.74 Å². The average molecular weight is 397 g/mol. The molecule has 1 heterocycles. The lowest BCUT2D eigenvalue weighted by atomic mass is 10.1. The Bertz CT molecular complexity index is 967. The fourth-order valence-electron chi connectivity index (χ4n) is 2.74. The molecule has 3 rings (SSSR count). The number of rotatable bonds is 7. The number of anilines is 1. The second-order valence-corrected chi connectivity index (χ2v) is 7.58. The number of nitrogens with zero attached hydrogens (tertiary/aromatic N) is 3. The molecule has 0 unspecified atom stereocenters. The number of nitrogens with one attached hydrogen (secondary N) is 1. The molecule has 0 radical (unpaired) electrons. The van der Waals surface area contributed by atoms with Crippen molar-refractivity contribution in [3.63, 3.8) is 0 Å². The third kappa shape index (κ3) is 4.92. The van der Waals surface area contributed by atoms with Gasteiger partial charge in [0.05, 0.1) is 12.9 Å². The number of thioether (sulfide) groups is 1. The Morgan fingerprint density at radius 1 is 1.14 bits per heavy atom. The van der Waals surface area contributed by atoms with Gasteiger partial charge in [0, 0.05) is 19.2 Å². The topological polar surface area (TPSA) is 69.0 Å². The van der Waals surface area contributed by atoms with Gasteiger partial charge in [-0.3, -0.25) is 4.79 Å². The fourth-order valence-corrected chi connectivity index (χ4v) is 3.47. The minimum Gasteiger partial charge on any atom is -0.497 e. The van der Waals surface area contributed by atoms with Crippen molar-refractivity contribution >= 4 is 23.4 Å². The predicted molar refractivity (Wildman–Crippen MR) is 112 cm³/mol. The van der Waals surface area contributed by atoms with E-state index in [1.807, 2.05) is 67.9 Å². The van der Waals surface area contributed by atoms with Gasteiger partial charge in [0.1, 0.15) is 11.6 Å². The van der Waals surface area contributed by atoms with Crippen molar-refractivity contribution in [1.29, 1.82) is 0 Å². The van der Waals surface area contributed by atoms with Crippen LogP contribution in [0.1, 0.15) is 22.5 Å². The molecule has 0 aliphatic rings. The summed E-state index contributed by atoms with van der Waals surface area (Å²) in [5.74, 6) is 1.90. The molecule has 1 aromatic heterocycles. The van der Waals surface area contributed by atoms with Crippen LogP contribution in [-0.2, 0) is 18.3 Å². The smallest absolute Gasteiger partial charge is 0.234 e. The van der Waals surface area contributed by atoms with Gasteiger partial charge in [-0.25, -0.2) is 0 Å². The van der Waals surface area contributed by atoms with Gasteiger partial charge in [-0.05, 0) is 48.7 Å². The molecule has 1 amide bonds. The van der Waals surface area contributed by atoms with Crippen LogP contribution in [0.15, 0.2) is 47.6 Å². The fraction of sp³-hybridized carbons (Fsp3) is 0.286. The molecular formula is C21H24N4O2S. The summed E-state index contributed by atoms with van der Waals surface area (Å²) < 4.78 is 7.11. The first-order valence-corrected chi connectivity index (χ1v) is 9.96. The van der Waals surface area contributed by atoms with E-state index in [2.05, 4.69) is 15.5 Å². The van der Waals surface area contributed by atoms with Gasteiger partial charge in [-0.2, -0.15) is 0 Å². The van der Waals surface area contributed by atoms with Crippen LogP contribution < -0.4 is 10.1 Å². The van der Waals surface area contributed by atoms with Crippen molar-refractivity contribution in [1.82, 2.24) is 14.8 Å². The Morgan fingerprint density at radius 3 is 2.61 bits per heavy atom. The highest BCUT2D eigenvalue weighted by Gasteiger charge is 2.13. The average Bonchev–Trinajstić information content (AvgIpc) is 3.03. The lowest BCUT2D eigenvalue weighted by Gasteiger charge is -2.09. The van der Waals surface area contributed by atoms with Gasteiger partial charge in [0.25, 0.3) is 0 Å². The maximum absolute atomic E-state index is 12.3. The number of hydrogen-bond acceptors (Lipinski definition) is 5. The van der Waals surface area contributed by atoms with Crippen molar-refractivity contribution < 1.29 is 9.53 Å². The quantitative estimate of drug-likeness (QED) is 0.616. The first-order valence-electron chi connectivity index (χ1n) is 8.97. The van der Waals surface area contributed by atoms with E-state index in [-0.39, 0.29) is 11.7 Å². The third-order valence-corrected chi connectivity index (χ3v) is 5.47. The Morgan fingerprint density at radius 2 is 1.89 bits per heavy atom. The van der Waals surface area contributed by atoms with E-state index < -0.39 is 0 Å². The number of methoxy groups -OCH3 is 1. The van der Waals surface area contributed by atoms with Crippen molar-refractivity contribution in [2.45, 2.75) is 25.4 Å². The van der Waals surface area contributed by atoms with Gasteiger partial charge in [-0.1, -0.05) is 36.0 Å². The van der Waals surface area contributed by atoms with Crippen LogP contribution >= 0.6 is 11.8 Å². The summed E-state index contributed by atoms with van der Waals surface area (Å²) >= 11 is 1.38. The molecule has 0 bridgehead atoms. The normalized spacial score (nSPS) is 10.7. The molecule has 0 spiro atoms. The molecule has 7 heteroatoms. The maximum atomic E-state index is 12.3. The van der Waals surface area contributed by atoms with Gasteiger partial charge in [0.2, 0.25) is 5.91 Å². The van der Waals surface area contributed by atoms with Crippen molar-refractivity contribution in [3.8, 4) is 5.75 Å². The van der Waals surface area contributed by atoms with Crippen LogP contribution in [0.5, 0.6) is 5.75 Å². The summed E-state index contributed by atoms with van der Waals surface area (Å²) in [5, 5.41) is 12.2. The zero-order chi connectivity index (χ0) is 20.1. The highest BCUT2D eigenvalue weighted by molar-refractivity contribution is 7.99. The predicted octanol–water partition coefficient (Wildman–Crippen LogP) is 3.76. The number of carbonyl (C=O) groups is 1. The summed E-state index contributed by atoms with van der Waals surface area (Å²) in [5.41, 5.74) is 4.14. The number of amides is 1. The minimum absolute atomic E-state index is 0.0570. The summed E-state index contributed by atoms with van der Waals surface area (Å²) in [6.07, 6.45) is 0.669. The summed E-state index contributed by atoms with van der Waals surface area (Å²) in [6, 6.07) is 13.9. The van der Waals surface area contributed by atoms with Crippen LogP contribution in [-0.4, -0.2) is 33.5 Å². The Hall–Kier alpha value is -2.80. The number of ether oxygens (including phenoxy) is 1. The lowest BCUT2D eigenvalue weighted by molar-refractivity contribution is -0.113. The SMILES string of the molecule is COc1ccc(Cc2nnc(SCC(=O)Nc3cc(C)ccc3C)n2C)cc1. The molecule has 28 heavy (non-hydrogen) atoms. The number of aromatic nitrogens is 3. The zero-order valence-corrected chi connectivity index (χ0v) is 17.3. The standard InChI is InChI=1S/C21H24N4O2S/c1-14-5-6-15(2)18(11-14)22-20(26)13-28-21-24-23-19(25(21)3)12-16-7-9-17(27-4)10-8-16/h5-11H,12-13H2,1-4H3,(H,22,26). The number of hydrogen-bond donors (Lipinski definition) is 1. The second-order valence-electron chi connectivity index (χ2n) is 6.64. The number of carbonyl (C=O) groups excluding carboxylic acids is 1. The summed E-state index contributed by atoms with van der Waals surface area (Å²) in [7, 11) is 3.57. The van der Waals surface area contributed by atoms with Crippen LogP contribution in [0.25, 0.3) is 0 Å². The third-order valence-electron chi connectivity index (χ3n) is 4.45. The molecule has 146 valence electrons. The first-order chi connectivity index (χ1) is 13.5. The Kier molecular flexibility index (Phi) is 6.36. The zero-order valence-electron chi connectivity index (χ0n) is 16.5. The molecule has 3 aromatic rings. The highest BCUT2D eigenvalue weighted by atomic mass is 32.2. The van der Waals surface area contributed by atoms with E-state index in [1.54, 1.807) is 7.11 Å². The van der Waals surface area contributed by atoms with E-state index >= 15 is 0 Å². The monoisotopic (exact) mass is 396 g/mol. The van der Waals surface area contributed by atoms with Gasteiger partial charge < -0.3 is 14.6 Å². The van der Waals surface area contributed by atoms with Gasteiger partial charge >= 0.3 is 0 Å². The lowest BCUT2D eigenvalue weighted by Crippen LogP contribution is -2.15. The number of aryl methyl sites for hydroxylation is 2. The molecular weight excluding hydrogens is 372 g/mol. The summed E-state index contributed by atoms with van der Waals surface area (Å²) in [6.45, 7) is 3.99. The summed E-state index contributed by atoms with van der Waals surface area (Å²) in [4.78, 5) is 12.3. The first kappa shape index (κ1) is 19.9. The van der Waals surface area contributed by atoms with Crippen LogP contribution in [0, 0.1) is 13.8 Å². The minimum atomic E-state index is -0.0570. The molecule has 0 atom stereocenters. The molecule has 0 aliphatic heterocycles. The molecule has 6 nitrogen and oxygen atoms in total. The van der Waals surface area contributed by atoms with Crippen LogP contribution in [0.3, 0.4) is 0 Å². The molecule has 1 N–H and O–H groups in total. The highest BCUT2D eigenvalue weighted by Crippen LogP contribution is 2.20. The Balaban J connectivity index is 1.59. The van der Waals surface area contributed by atoms with Crippen LogP contribution in [0.4, 0.5) is 5.69 Å². The molecule has 2 aromatic carbocycles. The van der Waals surface area contributed by atoms with Crippen LogP contribution in [0.2, 0.25) is 0 Å². The Labute approximate surface area is 169 Å². The number of benzene rings is 2. The maximum Gasteiger partial charge on any atom is 0.234 e. The largest absolute Gasteiger partial charge is 0.497 e. The van der Waals surface area contributed by atoms with E-state index in [9.17, 15) is 4.79 Å². The molecule has 0 saturated heterocycles. The van der Waals surface area contributed by atoms with Crippen molar-refractivity contribution in [2.24, 2.45) is 7.05 Å². The van der Waals surface area contributed by atoms with Gasteiger partial charge in [0.15, 0.2) is 5.16 Å². The van der Waals surface area contributed by atoms with E-state index in [0.717, 1.165) is 39.1 Å². The molecule has 0 saturated carbocycles. The van der Waals surface area contributed by atoms with E-state index in [0.29, 0.717) is 6.42 Å². The molecule has 0 aliphatic carbocycles. The van der Waals surface area contributed by atoms with Crippen molar-refractivity contribution in [3.05, 3.63) is 65.0 Å². The second kappa shape index (κ2) is 8.93. The van der Waals surface area contributed by atoms with Crippen molar-refractivity contribution in [2.75, 3.05) is 18.2 Å². The van der Waals surface area contributed by atoms with Gasteiger partial charge in [-0.15, -0.1) is 10.2 Å².